The Morgan fingerprint density at radius 1 is 1.03 bits per heavy atom. The van der Waals surface area contributed by atoms with Crippen LogP contribution in [0.15, 0.2) is 54.6 Å². The van der Waals surface area contributed by atoms with E-state index in [1.54, 1.807) is 23.1 Å². The molecule has 0 unspecified atom stereocenters. The van der Waals surface area contributed by atoms with Crippen LogP contribution in [0.5, 0.6) is 0 Å². The van der Waals surface area contributed by atoms with E-state index >= 15 is 0 Å². The number of nitrogens with one attached hydrogen (secondary N) is 1. The predicted molar refractivity (Wildman–Crippen MR) is 117 cm³/mol. The summed E-state index contributed by atoms with van der Waals surface area (Å²) in [5.74, 6) is -0.400. The van der Waals surface area contributed by atoms with Gasteiger partial charge in [0.15, 0.2) is 0 Å². The Balaban J connectivity index is 1.54. The zero-order valence-electron chi connectivity index (χ0n) is 17.9. The highest BCUT2D eigenvalue weighted by Crippen LogP contribution is 2.46. The molecular weight excluding hydrogens is 378 g/mol. The number of carbonyl (C=O) groups excluding carboxylic acids is 2. The van der Waals surface area contributed by atoms with Gasteiger partial charge in [0.25, 0.3) is 0 Å². The van der Waals surface area contributed by atoms with Crippen molar-refractivity contribution in [1.29, 1.82) is 0 Å². The monoisotopic (exact) mass is 407 g/mol. The van der Waals surface area contributed by atoms with Gasteiger partial charge in [0, 0.05) is 11.2 Å². The highest BCUT2D eigenvalue weighted by Gasteiger charge is 2.50. The lowest BCUT2D eigenvalue weighted by molar-refractivity contribution is 0.0600. The molecule has 1 aliphatic heterocycles. The van der Waals surface area contributed by atoms with Crippen molar-refractivity contribution in [3.05, 3.63) is 65.7 Å². The van der Waals surface area contributed by atoms with Gasteiger partial charge >= 0.3 is 12.0 Å². The number of amides is 2. The SMILES string of the molecule is COC(=O)c1cccc(N2CC3(CCC(c4ccccc4)(N(C)C)CC3)NC2=O)c1. The largest absolute Gasteiger partial charge is 0.465 e. The van der Waals surface area contributed by atoms with Gasteiger partial charge in [-0.1, -0.05) is 36.4 Å². The number of nitrogens with zero attached hydrogens (tertiary/aromatic N) is 2. The molecule has 6 nitrogen and oxygen atoms in total. The standard InChI is InChI=1S/C24H29N3O3/c1-26(2)24(19-9-5-4-6-10-19)14-12-23(13-15-24)17-27(22(29)25-23)20-11-7-8-18(16-20)21(28)30-3/h4-11,16H,12-15,17H2,1-3H3,(H,25,29). The van der Waals surface area contributed by atoms with Gasteiger partial charge in [-0.25, -0.2) is 9.59 Å². The first-order valence-electron chi connectivity index (χ1n) is 10.4. The van der Waals surface area contributed by atoms with Crippen molar-refractivity contribution in [3.8, 4) is 0 Å². The molecule has 2 amide bonds. The molecule has 2 aromatic rings. The van der Waals surface area contributed by atoms with Crippen molar-refractivity contribution in [2.75, 3.05) is 32.6 Å². The molecule has 1 aliphatic carbocycles. The molecule has 1 spiro atoms. The minimum absolute atomic E-state index is 0.0184. The van der Waals surface area contributed by atoms with Gasteiger partial charge in [-0.2, -0.15) is 0 Å². The fourth-order valence-electron chi connectivity index (χ4n) is 5.00. The first-order valence-corrected chi connectivity index (χ1v) is 10.4. The quantitative estimate of drug-likeness (QED) is 0.784. The smallest absolute Gasteiger partial charge is 0.337 e. The normalized spacial score (nSPS) is 26.1. The van der Waals surface area contributed by atoms with Gasteiger partial charge in [0.2, 0.25) is 0 Å². The molecule has 2 aromatic carbocycles. The maximum atomic E-state index is 12.9. The molecule has 2 fully saturated rings. The summed E-state index contributed by atoms with van der Waals surface area (Å²) in [4.78, 5) is 28.8. The topological polar surface area (TPSA) is 61.9 Å². The molecule has 0 bridgehead atoms. The molecule has 2 aliphatic rings. The number of benzene rings is 2. The summed E-state index contributed by atoms with van der Waals surface area (Å²) >= 11 is 0. The van der Waals surface area contributed by atoms with Crippen LogP contribution in [-0.4, -0.2) is 50.2 Å². The van der Waals surface area contributed by atoms with Crippen LogP contribution in [0, 0.1) is 0 Å². The maximum absolute atomic E-state index is 12.9. The van der Waals surface area contributed by atoms with Crippen molar-refractivity contribution in [2.24, 2.45) is 0 Å². The van der Waals surface area contributed by atoms with Crippen LogP contribution < -0.4 is 10.2 Å². The first kappa shape index (κ1) is 20.4. The number of urea groups is 1. The van der Waals surface area contributed by atoms with Gasteiger partial charge in [0.1, 0.15) is 0 Å². The lowest BCUT2D eigenvalue weighted by atomic mass is 9.69. The molecule has 0 radical (unpaired) electrons. The summed E-state index contributed by atoms with van der Waals surface area (Å²) in [7, 11) is 5.64. The second-order valence-electron chi connectivity index (χ2n) is 8.63. The van der Waals surface area contributed by atoms with Crippen LogP contribution in [-0.2, 0) is 10.3 Å². The van der Waals surface area contributed by atoms with E-state index in [1.807, 2.05) is 6.07 Å². The summed E-state index contributed by atoms with van der Waals surface area (Å²) in [6, 6.07) is 17.6. The number of carbonyl (C=O) groups is 2. The van der Waals surface area contributed by atoms with Crippen molar-refractivity contribution in [3.63, 3.8) is 0 Å². The summed E-state index contributed by atoms with van der Waals surface area (Å²) < 4.78 is 4.82. The lowest BCUT2D eigenvalue weighted by Crippen LogP contribution is -2.54. The van der Waals surface area contributed by atoms with Gasteiger partial charge in [0.05, 0.1) is 24.8 Å². The Labute approximate surface area is 177 Å². The Morgan fingerprint density at radius 2 is 1.73 bits per heavy atom. The van der Waals surface area contributed by atoms with E-state index in [4.69, 9.17) is 4.74 Å². The van der Waals surface area contributed by atoms with Crippen LogP contribution in [0.25, 0.3) is 0 Å². The van der Waals surface area contributed by atoms with E-state index in [0.717, 1.165) is 31.4 Å². The van der Waals surface area contributed by atoms with Gasteiger partial charge in [-0.15, -0.1) is 0 Å². The number of ether oxygens (including phenoxy) is 1. The Bertz CT molecular complexity index is 934. The molecule has 1 heterocycles. The number of anilines is 1. The number of methoxy groups -OCH3 is 1. The maximum Gasteiger partial charge on any atom is 0.337 e. The molecule has 158 valence electrons. The third-order valence-corrected chi connectivity index (χ3v) is 6.86. The molecule has 1 N–H and O–H groups in total. The zero-order chi connectivity index (χ0) is 21.4. The van der Waals surface area contributed by atoms with E-state index in [2.05, 4.69) is 54.6 Å². The number of esters is 1. The molecule has 1 saturated heterocycles. The van der Waals surface area contributed by atoms with Crippen molar-refractivity contribution >= 4 is 17.7 Å². The van der Waals surface area contributed by atoms with Crippen LogP contribution in [0.4, 0.5) is 10.5 Å². The van der Waals surface area contributed by atoms with E-state index in [0.29, 0.717) is 12.1 Å². The second-order valence-corrected chi connectivity index (χ2v) is 8.63. The van der Waals surface area contributed by atoms with Crippen LogP contribution in [0.3, 0.4) is 0 Å². The van der Waals surface area contributed by atoms with Crippen LogP contribution >= 0.6 is 0 Å². The molecule has 6 heteroatoms. The fraction of sp³-hybridized carbons (Fsp3) is 0.417. The average Bonchev–Trinajstić information content (AvgIpc) is 3.10. The highest BCUT2D eigenvalue weighted by atomic mass is 16.5. The molecule has 30 heavy (non-hydrogen) atoms. The van der Waals surface area contributed by atoms with E-state index in [9.17, 15) is 9.59 Å². The zero-order valence-corrected chi connectivity index (χ0v) is 17.9. The van der Waals surface area contributed by atoms with Gasteiger partial charge in [-0.05, 0) is 63.5 Å². The van der Waals surface area contributed by atoms with E-state index in [1.165, 1.54) is 12.7 Å². The molecular formula is C24H29N3O3. The summed E-state index contributed by atoms with van der Waals surface area (Å²) in [5.41, 5.74) is 2.24. The molecule has 0 aromatic heterocycles. The third kappa shape index (κ3) is 3.45. The highest BCUT2D eigenvalue weighted by molar-refractivity contribution is 5.97. The minimum Gasteiger partial charge on any atom is -0.465 e. The second kappa shape index (κ2) is 7.76. The summed E-state index contributed by atoms with van der Waals surface area (Å²) in [6.07, 6.45) is 3.75. The van der Waals surface area contributed by atoms with Crippen molar-refractivity contribution in [1.82, 2.24) is 10.2 Å². The molecule has 0 atom stereocenters. The third-order valence-electron chi connectivity index (χ3n) is 6.86. The molecule has 4 rings (SSSR count). The Kier molecular flexibility index (Phi) is 5.28. The van der Waals surface area contributed by atoms with Crippen LogP contribution in [0.2, 0.25) is 0 Å². The Hall–Kier alpha value is -2.86. The molecule has 1 saturated carbocycles. The number of rotatable bonds is 4. The van der Waals surface area contributed by atoms with Crippen molar-refractivity contribution < 1.29 is 14.3 Å². The fourth-order valence-corrected chi connectivity index (χ4v) is 5.00. The van der Waals surface area contributed by atoms with E-state index < -0.39 is 5.97 Å². The van der Waals surface area contributed by atoms with Crippen molar-refractivity contribution in [2.45, 2.75) is 36.8 Å². The Morgan fingerprint density at radius 3 is 2.37 bits per heavy atom. The predicted octanol–water partition coefficient (Wildman–Crippen LogP) is 3.77. The first-order chi connectivity index (χ1) is 14.4. The number of hydrogen-bond donors (Lipinski definition) is 1. The summed E-state index contributed by atoms with van der Waals surface area (Å²) in [5, 5.41) is 3.26. The number of hydrogen-bond acceptors (Lipinski definition) is 4. The van der Waals surface area contributed by atoms with E-state index in [-0.39, 0.29) is 17.1 Å². The van der Waals surface area contributed by atoms with Gasteiger partial charge < -0.3 is 10.1 Å². The van der Waals surface area contributed by atoms with Crippen LogP contribution in [0.1, 0.15) is 41.6 Å². The minimum atomic E-state index is -0.400. The van der Waals surface area contributed by atoms with Gasteiger partial charge in [-0.3, -0.25) is 9.80 Å². The lowest BCUT2D eigenvalue weighted by Gasteiger charge is -2.48. The average molecular weight is 408 g/mol. The summed E-state index contributed by atoms with van der Waals surface area (Å²) in [6.45, 7) is 0.606.